The maximum Gasteiger partial charge on any atom is 0.414 e. The number of hydrogen-bond acceptors (Lipinski definition) is 7. The van der Waals surface area contributed by atoms with E-state index in [2.05, 4.69) is 5.32 Å². The fourth-order valence-electron chi connectivity index (χ4n) is 6.08. The van der Waals surface area contributed by atoms with Crippen molar-refractivity contribution in [1.29, 1.82) is 0 Å². The maximum atomic E-state index is 15.3. The Balaban J connectivity index is 1.04. The van der Waals surface area contributed by atoms with E-state index in [0.717, 1.165) is 31.7 Å². The largest absolute Gasteiger partial charge is 0.491 e. The number of aromatic carboxylic acids is 1. The minimum Gasteiger partial charge on any atom is -0.491 e. The number of halogens is 2. The standard InChI is InChI=1S/C32H34F2N4O7/c1-18(39)35-15-22-16-38(32(43)45-22)21-4-5-29(26(34)12-21)44-11-8-19-6-9-36(10-7-19)28-14-27-23(13-25(28)33)30(40)24(31(41)42)17-37(27)20-2-3-20/h4-5,12-14,17,19-20,22H,2-3,6-11,15-16H2,1H3,(H,35,39)(H,41,42)/t22-/m0/s1. The fraction of sp³-hybridized carbons (Fsp3) is 0.438. The van der Waals surface area contributed by atoms with E-state index in [1.165, 1.54) is 30.2 Å². The summed E-state index contributed by atoms with van der Waals surface area (Å²) in [4.78, 5) is 51.0. The number of hydrogen-bond donors (Lipinski definition) is 2. The van der Waals surface area contributed by atoms with Gasteiger partial charge in [-0.3, -0.25) is 14.5 Å². The van der Waals surface area contributed by atoms with E-state index >= 15 is 4.39 Å². The van der Waals surface area contributed by atoms with Crippen molar-refractivity contribution in [3.05, 3.63) is 63.9 Å². The van der Waals surface area contributed by atoms with E-state index in [1.807, 2.05) is 4.90 Å². The van der Waals surface area contributed by atoms with Crippen LogP contribution >= 0.6 is 0 Å². The molecule has 1 atom stereocenters. The molecule has 45 heavy (non-hydrogen) atoms. The number of rotatable bonds is 10. The van der Waals surface area contributed by atoms with E-state index in [9.17, 15) is 28.7 Å². The van der Waals surface area contributed by atoms with Gasteiger partial charge in [-0.25, -0.2) is 18.4 Å². The molecule has 238 valence electrons. The summed E-state index contributed by atoms with van der Waals surface area (Å²) in [6, 6.07) is 7.21. The molecule has 13 heteroatoms. The van der Waals surface area contributed by atoms with Gasteiger partial charge in [-0.15, -0.1) is 0 Å². The van der Waals surface area contributed by atoms with Gasteiger partial charge in [-0.05, 0) is 62.3 Å². The molecule has 11 nitrogen and oxygen atoms in total. The third-order valence-electron chi connectivity index (χ3n) is 8.69. The number of pyridine rings is 1. The molecular weight excluding hydrogens is 590 g/mol. The van der Waals surface area contributed by atoms with Crippen molar-refractivity contribution < 1.29 is 37.7 Å². The van der Waals surface area contributed by atoms with E-state index in [-0.39, 0.29) is 54.3 Å². The van der Waals surface area contributed by atoms with Crippen molar-refractivity contribution in [2.45, 2.75) is 51.2 Å². The first-order chi connectivity index (χ1) is 21.6. The SMILES string of the molecule is CC(=O)NC[C@H]1CN(c2ccc(OCCC3CCN(c4cc5c(cc4F)c(=O)c(C(=O)O)cn5C4CC4)CC3)c(F)c2)C(=O)O1. The molecule has 0 spiro atoms. The number of benzene rings is 2. The number of piperidine rings is 1. The van der Waals surface area contributed by atoms with Crippen LogP contribution in [0.5, 0.6) is 5.75 Å². The number of amides is 2. The lowest BCUT2D eigenvalue weighted by Gasteiger charge is -2.34. The molecule has 2 aromatic carbocycles. The first kappa shape index (κ1) is 30.4. The molecule has 3 fully saturated rings. The van der Waals surface area contributed by atoms with Crippen LogP contribution in [-0.2, 0) is 9.53 Å². The zero-order chi connectivity index (χ0) is 31.8. The fourth-order valence-corrected chi connectivity index (χ4v) is 6.08. The van der Waals surface area contributed by atoms with E-state index < -0.39 is 35.2 Å². The van der Waals surface area contributed by atoms with Crippen molar-refractivity contribution in [2.75, 3.05) is 42.6 Å². The van der Waals surface area contributed by atoms with Crippen LogP contribution in [0.3, 0.4) is 0 Å². The molecule has 2 aliphatic heterocycles. The van der Waals surface area contributed by atoms with Gasteiger partial charge in [0.15, 0.2) is 11.6 Å². The van der Waals surface area contributed by atoms with Crippen LogP contribution < -0.4 is 25.3 Å². The summed E-state index contributed by atoms with van der Waals surface area (Å²) in [7, 11) is 0. The minimum absolute atomic E-state index is 0.0712. The highest BCUT2D eigenvalue weighted by Crippen LogP contribution is 2.38. The van der Waals surface area contributed by atoms with Crippen molar-refractivity contribution >= 4 is 40.2 Å². The Morgan fingerprint density at radius 3 is 2.49 bits per heavy atom. The number of carboxylic acid groups (broad SMARTS) is 1. The minimum atomic E-state index is -1.32. The number of fused-ring (bicyclic) bond motifs is 1. The van der Waals surface area contributed by atoms with Crippen LogP contribution in [0.15, 0.2) is 41.3 Å². The van der Waals surface area contributed by atoms with E-state index in [0.29, 0.717) is 36.4 Å². The predicted octanol–water partition coefficient (Wildman–Crippen LogP) is 4.46. The van der Waals surface area contributed by atoms with Gasteiger partial charge >= 0.3 is 12.1 Å². The summed E-state index contributed by atoms with van der Waals surface area (Å²) in [5.41, 5.74) is 0.221. The van der Waals surface area contributed by atoms with Crippen molar-refractivity contribution in [2.24, 2.45) is 5.92 Å². The molecular formula is C32H34F2N4O7. The first-order valence-corrected chi connectivity index (χ1v) is 15.1. The molecule has 0 bridgehead atoms. The number of cyclic esters (lactones) is 1. The molecule has 1 aliphatic carbocycles. The average Bonchev–Trinajstić information content (AvgIpc) is 3.78. The Morgan fingerprint density at radius 2 is 1.82 bits per heavy atom. The molecule has 6 rings (SSSR count). The molecule has 2 N–H and O–H groups in total. The number of aromatic nitrogens is 1. The highest BCUT2D eigenvalue weighted by Gasteiger charge is 2.33. The molecule has 2 amide bonds. The summed E-state index contributed by atoms with van der Waals surface area (Å²) < 4.78 is 42.9. The first-order valence-electron chi connectivity index (χ1n) is 15.1. The normalized spacial score (nSPS) is 18.7. The third kappa shape index (κ3) is 6.43. The molecule has 2 saturated heterocycles. The quantitative estimate of drug-likeness (QED) is 0.338. The molecule has 3 heterocycles. The highest BCUT2D eigenvalue weighted by atomic mass is 19.1. The van der Waals surface area contributed by atoms with Gasteiger partial charge in [0.05, 0.1) is 36.6 Å². The lowest BCUT2D eigenvalue weighted by Crippen LogP contribution is -2.35. The Hall–Kier alpha value is -4.68. The summed E-state index contributed by atoms with van der Waals surface area (Å²) in [6.07, 6.45) is 4.20. The van der Waals surface area contributed by atoms with Gasteiger partial charge in [0.2, 0.25) is 11.3 Å². The zero-order valence-corrected chi connectivity index (χ0v) is 24.8. The van der Waals surface area contributed by atoms with Crippen LogP contribution in [0.1, 0.15) is 55.4 Å². The molecule has 1 saturated carbocycles. The van der Waals surface area contributed by atoms with Crippen molar-refractivity contribution in [3.8, 4) is 5.75 Å². The zero-order valence-electron chi connectivity index (χ0n) is 24.8. The lowest BCUT2D eigenvalue weighted by atomic mass is 9.93. The van der Waals surface area contributed by atoms with Gasteiger partial charge in [0.25, 0.3) is 0 Å². The smallest absolute Gasteiger partial charge is 0.414 e. The van der Waals surface area contributed by atoms with Gasteiger partial charge in [-0.1, -0.05) is 0 Å². The molecule has 3 aliphatic rings. The number of carbonyl (C=O) groups excluding carboxylic acids is 2. The second-order valence-electron chi connectivity index (χ2n) is 11.9. The second-order valence-corrected chi connectivity index (χ2v) is 11.9. The molecule has 0 radical (unpaired) electrons. The molecule has 1 aromatic heterocycles. The number of nitrogens with zero attached hydrogens (tertiary/aromatic N) is 3. The lowest BCUT2D eigenvalue weighted by molar-refractivity contribution is -0.119. The number of carbonyl (C=O) groups is 3. The summed E-state index contributed by atoms with van der Waals surface area (Å²) in [5, 5.41) is 12.1. The average molecular weight is 625 g/mol. The van der Waals surface area contributed by atoms with Crippen LogP contribution in [0.2, 0.25) is 0 Å². The topological polar surface area (TPSA) is 130 Å². The predicted molar refractivity (Wildman–Crippen MR) is 161 cm³/mol. The van der Waals surface area contributed by atoms with Crippen LogP contribution in [0.25, 0.3) is 10.9 Å². The summed E-state index contributed by atoms with van der Waals surface area (Å²) in [5.74, 6) is -2.36. The third-order valence-corrected chi connectivity index (χ3v) is 8.69. The van der Waals surface area contributed by atoms with Gasteiger partial charge in [-0.2, -0.15) is 0 Å². The summed E-state index contributed by atoms with van der Waals surface area (Å²) in [6.45, 7) is 3.20. The van der Waals surface area contributed by atoms with Crippen LogP contribution in [0.4, 0.5) is 25.0 Å². The Labute approximate surface area is 257 Å². The van der Waals surface area contributed by atoms with Gasteiger partial charge in [0.1, 0.15) is 17.5 Å². The van der Waals surface area contributed by atoms with Crippen molar-refractivity contribution in [1.82, 2.24) is 9.88 Å². The molecule has 3 aromatic rings. The van der Waals surface area contributed by atoms with E-state index in [4.69, 9.17) is 9.47 Å². The number of nitrogens with one attached hydrogen (secondary N) is 1. The highest BCUT2D eigenvalue weighted by molar-refractivity contribution is 5.93. The van der Waals surface area contributed by atoms with Gasteiger partial charge in [0, 0.05) is 43.7 Å². The summed E-state index contributed by atoms with van der Waals surface area (Å²) >= 11 is 0. The van der Waals surface area contributed by atoms with Crippen LogP contribution in [-0.4, -0.2) is 66.5 Å². The Kier molecular flexibility index (Phi) is 8.34. The van der Waals surface area contributed by atoms with E-state index in [1.54, 1.807) is 16.7 Å². The molecule has 0 unspecified atom stereocenters. The van der Waals surface area contributed by atoms with Gasteiger partial charge < -0.3 is 29.4 Å². The second kappa shape index (κ2) is 12.4. The Bertz CT molecular complexity index is 1720. The maximum absolute atomic E-state index is 15.3. The number of ether oxygens (including phenoxy) is 2. The van der Waals surface area contributed by atoms with Crippen molar-refractivity contribution in [3.63, 3.8) is 0 Å². The Morgan fingerprint density at radius 1 is 1.07 bits per heavy atom. The number of anilines is 2. The number of carboxylic acids is 1. The van der Waals surface area contributed by atoms with Crippen LogP contribution in [0, 0.1) is 17.6 Å². The monoisotopic (exact) mass is 624 g/mol.